The molecule has 0 spiro atoms. The minimum atomic E-state index is -0.286. The van der Waals surface area contributed by atoms with Crippen LogP contribution < -0.4 is 10.6 Å². The summed E-state index contributed by atoms with van der Waals surface area (Å²) in [5, 5.41) is 5.92. The van der Waals surface area contributed by atoms with Crippen molar-refractivity contribution in [2.75, 3.05) is 26.4 Å². The Kier molecular flexibility index (Phi) is 6.04. The molecule has 2 aliphatic rings. The Morgan fingerprint density at radius 2 is 2.00 bits per heavy atom. The van der Waals surface area contributed by atoms with Crippen LogP contribution in [0.1, 0.15) is 37.3 Å². The van der Waals surface area contributed by atoms with E-state index in [0.29, 0.717) is 25.7 Å². The number of amides is 2. The Morgan fingerprint density at radius 3 is 2.67 bits per heavy atom. The van der Waals surface area contributed by atoms with Gasteiger partial charge in [-0.15, -0.1) is 0 Å². The van der Waals surface area contributed by atoms with Gasteiger partial charge in [-0.05, 0) is 49.3 Å². The molecule has 2 heterocycles. The van der Waals surface area contributed by atoms with Crippen LogP contribution in [0, 0.1) is 11.7 Å². The summed E-state index contributed by atoms with van der Waals surface area (Å²) < 4.78 is 24.3. The van der Waals surface area contributed by atoms with Gasteiger partial charge in [-0.2, -0.15) is 0 Å². The van der Waals surface area contributed by atoms with E-state index in [-0.39, 0.29) is 24.0 Å². The second-order valence-electron chi connectivity index (χ2n) is 6.52. The Labute approximate surface area is 141 Å². The Morgan fingerprint density at radius 1 is 1.21 bits per heavy atom. The molecule has 0 aliphatic carbocycles. The maximum Gasteiger partial charge on any atom is 0.315 e. The van der Waals surface area contributed by atoms with Gasteiger partial charge in [0.15, 0.2) is 0 Å². The lowest BCUT2D eigenvalue weighted by Crippen LogP contribution is -2.44. The molecular formula is C18H25FN2O3. The molecule has 2 fully saturated rings. The average Bonchev–Trinajstić information content (AvgIpc) is 3.14. The molecule has 24 heavy (non-hydrogen) atoms. The normalized spacial score (nSPS) is 25.2. The van der Waals surface area contributed by atoms with E-state index in [4.69, 9.17) is 9.47 Å². The smallest absolute Gasteiger partial charge is 0.315 e. The van der Waals surface area contributed by atoms with E-state index in [9.17, 15) is 9.18 Å². The first-order chi connectivity index (χ1) is 11.7. The zero-order chi connectivity index (χ0) is 16.8. The van der Waals surface area contributed by atoms with E-state index in [2.05, 4.69) is 10.6 Å². The van der Waals surface area contributed by atoms with Crippen molar-refractivity contribution in [3.63, 3.8) is 0 Å². The molecule has 1 aromatic rings. The molecule has 6 heteroatoms. The predicted molar refractivity (Wildman–Crippen MR) is 88.2 cm³/mol. The lowest BCUT2D eigenvalue weighted by atomic mass is 9.99. The first kappa shape index (κ1) is 17.2. The van der Waals surface area contributed by atoms with Gasteiger partial charge in [-0.25, -0.2) is 9.18 Å². The molecule has 2 aliphatic heterocycles. The number of carbonyl (C=O) groups excluding carboxylic acids is 1. The monoisotopic (exact) mass is 336 g/mol. The van der Waals surface area contributed by atoms with Crippen LogP contribution in [-0.4, -0.2) is 38.5 Å². The lowest BCUT2D eigenvalue weighted by Gasteiger charge is -2.26. The summed E-state index contributed by atoms with van der Waals surface area (Å²) >= 11 is 0. The highest BCUT2D eigenvalue weighted by atomic mass is 19.1. The van der Waals surface area contributed by atoms with Crippen molar-refractivity contribution in [2.45, 2.75) is 37.8 Å². The van der Waals surface area contributed by atoms with E-state index < -0.39 is 0 Å². The Bertz CT molecular complexity index is 526. The molecule has 2 amide bonds. The highest BCUT2D eigenvalue weighted by molar-refractivity contribution is 5.74. The van der Waals surface area contributed by atoms with Gasteiger partial charge in [0.2, 0.25) is 0 Å². The summed E-state index contributed by atoms with van der Waals surface area (Å²) in [4.78, 5) is 12.3. The first-order valence-electron chi connectivity index (χ1n) is 8.71. The van der Waals surface area contributed by atoms with Crippen LogP contribution in [0.3, 0.4) is 0 Å². The molecule has 3 rings (SSSR count). The molecule has 0 saturated carbocycles. The first-order valence-corrected chi connectivity index (χ1v) is 8.71. The van der Waals surface area contributed by atoms with E-state index in [1.165, 1.54) is 12.1 Å². The molecular weight excluding hydrogens is 311 g/mol. The largest absolute Gasteiger partial charge is 0.381 e. The molecule has 5 nitrogen and oxygen atoms in total. The van der Waals surface area contributed by atoms with Gasteiger partial charge in [0.25, 0.3) is 0 Å². The van der Waals surface area contributed by atoms with Crippen molar-refractivity contribution >= 4 is 6.03 Å². The topological polar surface area (TPSA) is 59.6 Å². The van der Waals surface area contributed by atoms with Gasteiger partial charge < -0.3 is 20.1 Å². The molecule has 1 aromatic carbocycles. The third-order valence-electron chi connectivity index (χ3n) is 4.66. The molecule has 2 saturated heterocycles. The van der Waals surface area contributed by atoms with Crippen LogP contribution in [0.25, 0.3) is 0 Å². The highest BCUT2D eigenvalue weighted by Crippen LogP contribution is 2.27. The van der Waals surface area contributed by atoms with Crippen molar-refractivity contribution in [1.29, 1.82) is 0 Å². The summed E-state index contributed by atoms with van der Waals surface area (Å²) in [5.74, 6) is 0.0862. The Hall–Kier alpha value is -1.66. The van der Waals surface area contributed by atoms with Crippen LogP contribution in [0.2, 0.25) is 0 Å². The quantitative estimate of drug-likeness (QED) is 0.869. The van der Waals surface area contributed by atoms with Crippen molar-refractivity contribution in [1.82, 2.24) is 10.6 Å². The fourth-order valence-electron chi connectivity index (χ4n) is 3.32. The number of urea groups is 1. The summed E-state index contributed by atoms with van der Waals surface area (Å²) in [6.45, 7) is 2.82. The fraction of sp³-hybridized carbons (Fsp3) is 0.611. The van der Waals surface area contributed by atoms with Gasteiger partial charge in [0, 0.05) is 19.8 Å². The SMILES string of the molecule is O=C(NC[C@@H]1CCCOC1)N[C@@H](c1ccc(F)cc1)[C@@H]1CCCO1. The van der Waals surface area contributed by atoms with Gasteiger partial charge in [-0.3, -0.25) is 0 Å². The molecule has 3 atom stereocenters. The number of ether oxygens (including phenoxy) is 2. The maximum absolute atomic E-state index is 13.2. The van der Waals surface area contributed by atoms with Crippen molar-refractivity contribution in [3.8, 4) is 0 Å². The predicted octanol–water partition coefficient (Wildman–Crippen LogP) is 2.77. The number of carbonyl (C=O) groups is 1. The minimum Gasteiger partial charge on any atom is -0.381 e. The number of halogens is 1. The minimum absolute atomic E-state index is 0.0702. The summed E-state index contributed by atoms with van der Waals surface area (Å²) in [6, 6.07) is 5.75. The number of nitrogens with one attached hydrogen (secondary N) is 2. The van der Waals surface area contributed by atoms with Gasteiger partial charge in [0.05, 0.1) is 18.8 Å². The number of rotatable bonds is 5. The van der Waals surface area contributed by atoms with E-state index in [1.54, 1.807) is 12.1 Å². The van der Waals surface area contributed by atoms with Crippen molar-refractivity contribution in [2.24, 2.45) is 5.92 Å². The maximum atomic E-state index is 13.2. The number of benzene rings is 1. The molecule has 0 radical (unpaired) electrons. The van der Waals surface area contributed by atoms with Gasteiger partial charge in [-0.1, -0.05) is 12.1 Å². The number of hydrogen-bond acceptors (Lipinski definition) is 3. The summed E-state index contributed by atoms with van der Waals surface area (Å²) in [5.41, 5.74) is 0.861. The molecule has 0 unspecified atom stereocenters. The average molecular weight is 336 g/mol. The Balaban J connectivity index is 1.58. The van der Waals surface area contributed by atoms with Crippen LogP contribution in [0.15, 0.2) is 24.3 Å². The van der Waals surface area contributed by atoms with Crippen molar-refractivity contribution in [3.05, 3.63) is 35.6 Å². The van der Waals surface area contributed by atoms with Crippen molar-refractivity contribution < 1.29 is 18.7 Å². The molecule has 2 N–H and O–H groups in total. The van der Waals surface area contributed by atoms with E-state index in [0.717, 1.165) is 37.9 Å². The van der Waals surface area contributed by atoms with Crippen LogP contribution in [0.5, 0.6) is 0 Å². The third-order valence-corrected chi connectivity index (χ3v) is 4.66. The highest BCUT2D eigenvalue weighted by Gasteiger charge is 2.29. The second kappa shape index (κ2) is 8.44. The number of hydrogen-bond donors (Lipinski definition) is 2. The van der Waals surface area contributed by atoms with E-state index >= 15 is 0 Å². The van der Waals surface area contributed by atoms with E-state index in [1.807, 2.05) is 0 Å². The fourth-order valence-corrected chi connectivity index (χ4v) is 3.32. The lowest BCUT2D eigenvalue weighted by molar-refractivity contribution is 0.0552. The third kappa shape index (κ3) is 4.68. The van der Waals surface area contributed by atoms with Crippen LogP contribution >= 0.6 is 0 Å². The second-order valence-corrected chi connectivity index (χ2v) is 6.52. The summed E-state index contributed by atoms with van der Waals surface area (Å²) in [6.07, 6.45) is 3.92. The molecule has 0 bridgehead atoms. The van der Waals surface area contributed by atoms with Gasteiger partial charge in [0.1, 0.15) is 5.82 Å². The molecule has 0 aromatic heterocycles. The van der Waals surface area contributed by atoms with Crippen LogP contribution in [-0.2, 0) is 9.47 Å². The van der Waals surface area contributed by atoms with Gasteiger partial charge >= 0.3 is 6.03 Å². The standard InChI is InChI=1S/C18H25FN2O3/c19-15-7-5-14(6-8-15)17(16-4-2-10-24-16)21-18(22)20-11-13-3-1-9-23-12-13/h5-8,13,16-17H,1-4,9-12H2,(H2,20,21,22)/t13-,16-,17-/m0/s1. The zero-order valence-electron chi connectivity index (χ0n) is 13.8. The zero-order valence-corrected chi connectivity index (χ0v) is 13.8. The van der Waals surface area contributed by atoms with Crippen LogP contribution in [0.4, 0.5) is 9.18 Å². The summed E-state index contributed by atoms with van der Waals surface area (Å²) in [7, 11) is 0. The molecule has 132 valence electrons.